The quantitative estimate of drug-likeness (QED) is 0.755. The minimum absolute atomic E-state index is 0.253. The zero-order chi connectivity index (χ0) is 11.7. The molecule has 3 heteroatoms. The number of hydrogen-bond donors (Lipinski definition) is 0. The van der Waals surface area contributed by atoms with Crippen LogP contribution in [0.2, 0.25) is 0 Å². The lowest BCUT2D eigenvalue weighted by molar-refractivity contribution is -0.125. The highest BCUT2D eigenvalue weighted by atomic mass is 32.2. The van der Waals surface area contributed by atoms with Crippen LogP contribution in [0.4, 0.5) is 0 Å². The first kappa shape index (κ1) is 10.7. The Morgan fingerprint density at radius 3 is 2.76 bits per heavy atom. The molecule has 0 aliphatic carbocycles. The molecule has 86 valence electrons. The molecule has 2 aromatic rings. The van der Waals surface area contributed by atoms with Gasteiger partial charge in [0, 0.05) is 12.2 Å². The fourth-order valence-corrected chi connectivity index (χ4v) is 3.11. The molecule has 0 unspecified atom stereocenters. The number of amides is 1. The van der Waals surface area contributed by atoms with E-state index in [0.29, 0.717) is 13.0 Å². The Morgan fingerprint density at radius 2 is 1.94 bits per heavy atom. The number of fused-ring (bicyclic) bond motifs is 1. The van der Waals surface area contributed by atoms with Gasteiger partial charge in [-0.2, -0.15) is 0 Å². The van der Waals surface area contributed by atoms with Crippen LogP contribution in [0.3, 0.4) is 0 Å². The number of carbonyl (C=O) groups is 1. The smallest absolute Gasteiger partial charge is 0.233 e. The van der Waals surface area contributed by atoms with Crippen LogP contribution in [0.15, 0.2) is 42.5 Å². The number of rotatable bonds is 2. The standard InChI is InChI=1S/C14H13NOS/c16-14-8-9-17-15(14)10-12-6-3-5-11-4-1-2-7-13(11)12/h1-7H,8-10H2. The van der Waals surface area contributed by atoms with Gasteiger partial charge in [-0.25, -0.2) is 0 Å². The predicted molar refractivity (Wildman–Crippen MR) is 71.6 cm³/mol. The second-order valence-corrected chi connectivity index (χ2v) is 5.26. The van der Waals surface area contributed by atoms with Crippen molar-refractivity contribution >= 4 is 28.6 Å². The van der Waals surface area contributed by atoms with Crippen LogP contribution < -0.4 is 0 Å². The highest BCUT2D eigenvalue weighted by Crippen LogP contribution is 2.27. The molecule has 0 saturated carbocycles. The summed E-state index contributed by atoms with van der Waals surface area (Å²) in [5.74, 6) is 1.17. The molecule has 1 aliphatic rings. The number of nitrogens with zero attached hydrogens (tertiary/aromatic N) is 1. The fraction of sp³-hybridized carbons (Fsp3) is 0.214. The SMILES string of the molecule is O=C1CCSN1Cc1cccc2ccccc12. The summed E-state index contributed by atoms with van der Waals surface area (Å²) in [5.41, 5.74) is 1.23. The van der Waals surface area contributed by atoms with Gasteiger partial charge in [-0.15, -0.1) is 0 Å². The largest absolute Gasteiger partial charge is 0.282 e. The van der Waals surface area contributed by atoms with Crippen molar-refractivity contribution in [1.82, 2.24) is 4.31 Å². The molecule has 17 heavy (non-hydrogen) atoms. The van der Waals surface area contributed by atoms with Gasteiger partial charge in [0.15, 0.2) is 0 Å². The molecule has 1 aliphatic heterocycles. The normalized spacial score (nSPS) is 15.8. The molecule has 1 fully saturated rings. The zero-order valence-electron chi connectivity index (χ0n) is 9.43. The Labute approximate surface area is 105 Å². The van der Waals surface area contributed by atoms with Gasteiger partial charge < -0.3 is 0 Å². The summed E-state index contributed by atoms with van der Waals surface area (Å²) in [6, 6.07) is 14.6. The molecular weight excluding hydrogens is 230 g/mol. The number of benzene rings is 2. The van der Waals surface area contributed by atoms with Gasteiger partial charge in [0.2, 0.25) is 5.91 Å². The third kappa shape index (κ3) is 2.03. The summed E-state index contributed by atoms with van der Waals surface area (Å²) >= 11 is 1.64. The van der Waals surface area contributed by atoms with Crippen LogP contribution in [0.5, 0.6) is 0 Å². The third-order valence-corrected chi connectivity index (χ3v) is 4.07. The first-order valence-electron chi connectivity index (χ1n) is 5.74. The lowest BCUT2D eigenvalue weighted by Crippen LogP contribution is -2.17. The van der Waals surface area contributed by atoms with Crippen LogP contribution in [-0.4, -0.2) is 16.0 Å². The van der Waals surface area contributed by atoms with Gasteiger partial charge in [0.25, 0.3) is 0 Å². The summed E-state index contributed by atoms with van der Waals surface area (Å²) in [6.45, 7) is 0.713. The summed E-state index contributed by atoms with van der Waals surface area (Å²) in [4.78, 5) is 11.6. The summed E-state index contributed by atoms with van der Waals surface area (Å²) in [6.07, 6.45) is 0.676. The van der Waals surface area contributed by atoms with Crippen LogP contribution in [-0.2, 0) is 11.3 Å². The van der Waals surface area contributed by atoms with Gasteiger partial charge >= 0.3 is 0 Å². The average Bonchev–Trinajstić information content (AvgIpc) is 2.76. The van der Waals surface area contributed by atoms with Crippen LogP contribution in [0.1, 0.15) is 12.0 Å². The van der Waals surface area contributed by atoms with Gasteiger partial charge in [0.05, 0.1) is 6.54 Å². The average molecular weight is 243 g/mol. The second-order valence-electron chi connectivity index (χ2n) is 4.15. The zero-order valence-corrected chi connectivity index (χ0v) is 10.2. The van der Waals surface area contributed by atoms with Crippen molar-refractivity contribution in [3.05, 3.63) is 48.0 Å². The van der Waals surface area contributed by atoms with E-state index in [0.717, 1.165) is 5.75 Å². The Balaban J connectivity index is 1.97. The van der Waals surface area contributed by atoms with E-state index in [1.165, 1.54) is 16.3 Å². The maximum Gasteiger partial charge on any atom is 0.233 e. The van der Waals surface area contributed by atoms with Gasteiger partial charge in [0.1, 0.15) is 0 Å². The molecule has 2 nitrogen and oxygen atoms in total. The van der Waals surface area contributed by atoms with E-state index in [4.69, 9.17) is 0 Å². The molecule has 1 amide bonds. The topological polar surface area (TPSA) is 20.3 Å². The minimum atomic E-state index is 0.253. The van der Waals surface area contributed by atoms with Gasteiger partial charge in [-0.05, 0) is 28.3 Å². The van der Waals surface area contributed by atoms with Gasteiger partial charge in [-0.3, -0.25) is 9.10 Å². The molecular formula is C14H13NOS. The number of hydrogen-bond acceptors (Lipinski definition) is 2. The third-order valence-electron chi connectivity index (χ3n) is 3.04. The monoisotopic (exact) mass is 243 g/mol. The van der Waals surface area contributed by atoms with Crippen molar-refractivity contribution in [2.45, 2.75) is 13.0 Å². The minimum Gasteiger partial charge on any atom is -0.282 e. The van der Waals surface area contributed by atoms with Crippen molar-refractivity contribution < 1.29 is 4.79 Å². The van der Waals surface area contributed by atoms with Crippen molar-refractivity contribution in [1.29, 1.82) is 0 Å². The molecule has 0 spiro atoms. The van der Waals surface area contributed by atoms with Crippen molar-refractivity contribution in [3.63, 3.8) is 0 Å². The Kier molecular flexibility index (Phi) is 2.77. The van der Waals surface area contributed by atoms with Crippen LogP contribution in [0, 0.1) is 0 Å². The molecule has 2 aromatic carbocycles. The van der Waals surface area contributed by atoms with Gasteiger partial charge in [-0.1, -0.05) is 42.5 Å². The predicted octanol–water partition coefficient (Wildman–Crippen LogP) is 3.22. The highest BCUT2D eigenvalue weighted by Gasteiger charge is 2.21. The number of carbonyl (C=O) groups excluding carboxylic acids is 1. The lowest BCUT2D eigenvalue weighted by Gasteiger charge is -2.15. The summed E-state index contributed by atoms with van der Waals surface area (Å²) in [5, 5.41) is 2.48. The second kappa shape index (κ2) is 4.41. The fourth-order valence-electron chi connectivity index (χ4n) is 2.16. The van der Waals surface area contributed by atoms with Crippen LogP contribution in [0.25, 0.3) is 10.8 Å². The van der Waals surface area contributed by atoms with E-state index in [1.54, 1.807) is 11.9 Å². The van der Waals surface area contributed by atoms with E-state index in [1.807, 2.05) is 16.4 Å². The van der Waals surface area contributed by atoms with Crippen LogP contribution >= 0.6 is 11.9 Å². The molecule has 0 radical (unpaired) electrons. The van der Waals surface area contributed by atoms with Crippen molar-refractivity contribution in [3.8, 4) is 0 Å². The molecule has 0 bridgehead atoms. The Hall–Kier alpha value is -1.48. The summed E-state index contributed by atoms with van der Waals surface area (Å²) in [7, 11) is 0. The molecule has 1 saturated heterocycles. The van der Waals surface area contributed by atoms with Crippen molar-refractivity contribution in [2.75, 3.05) is 5.75 Å². The Morgan fingerprint density at radius 1 is 1.12 bits per heavy atom. The van der Waals surface area contributed by atoms with E-state index in [-0.39, 0.29) is 5.91 Å². The first-order chi connectivity index (χ1) is 8.34. The molecule has 1 heterocycles. The Bertz CT molecular complexity index is 562. The molecule has 0 atom stereocenters. The maximum atomic E-state index is 11.6. The molecule has 0 N–H and O–H groups in total. The molecule has 3 rings (SSSR count). The molecule has 0 aromatic heterocycles. The lowest BCUT2D eigenvalue weighted by atomic mass is 10.0. The summed E-state index contributed by atoms with van der Waals surface area (Å²) < 4.78 is 1.88. The first-order valence-corrected chi connectivity index (χ1v) is 6.69. The van der Waals surface area contributed by atoms with Crippen molar-refractivity contribution in [2.24, 2.45) is 0 Å². The highest BCUT2D eigenvalue weighted by molar-refractivity contribution is 7.97. The van der Waals surface area contributed by atoms with E-state index >= 15 is 0 Å². The van der Waals surface area contributed by atoms with E-state index in [9.17, 15) is 4.79 Å². The maximum absolute atomic E-state index is 11.6. The van der Waals surface area contributed by atoms with E-state index in [2.05, 4.69) is 30.3 Å². The van der Waals surface area contributed by atoms with E-state index < -0.39 is 0 Å².